The van der Waals surface area contributed by atoms with Gasteiger partial charge in [0.25, 0.3) is 11.8 Å². The number of pyridine rings is 1. The highest BCUT2D eigenvalue weighted by Gasteiger charge is 2.29. The summed E-state index contributed by atoms with van der Waals surface area (Å²) in [6.45, 7) is 0.0543. The van der Waals surface area contributed by atoms with E-state index >= 15 is 0 Å². The van der Waals surface area contributed by atoms with Crippen LogP contribution in [0.4, 0.5) is 4.79 Å². The number of nitrogens with zero attached hydrogens (tertiary/aromatic N) is 1. The van der Waals surface area contributed by atoms with Gasteiger partial charge < -0.3 is 10.6 Å². The van der Waals surface area contributed by atoms with Gasteiger partial charge in [0.05, 0.1) is 0 Å². The Morgan fingerprint density at radius 2 is 2.06 bits per heavy atom. The predicted molar refractivity (Wildman–Crippen MR) is 57.0 cm³/mol. The fraction of sp³-hybridized carbons (Fsp3) is 0.200. The molecule has 2 rings (SSSR count). The van der Waals surface area contributed by atoms with E-state index in [1.54, 1.807) is 12.1 Å². The molecule has 0 aliphatic carbocycles. The molecule has 88 valence electrons. The zero-order valence-corrected chi connectivity index (χ0v) is 8.77. The number of nitrogens with one attached hydrogen (secondary N) is 3. The molecule has 1 unspecified atom stereocenters. The molecule has 1 fully saturated rings. The SMILES string of the molecule is O=C1NC(=O)C(CNC(=O)c2ccncc2)N1. The zero-order chi connectivity index (χ0) is 12.3. The summed E-state index contributed by atoms with van der Waals surface area (Å²) in [5.41, 5.74) is 0.449. The van der Waals surface area contributed by atoms with Gasteiger partial charge in [0.2, 0.25) is 0 Å². The molecule has 1 atom stereocenters. The minimum Gasteiger partial charge on any atom is -0.349 e. The van der Waals surface area contributed by atoms with Gasteiger partial charge in [0.15, 0.2) is 0 Å². The lowest BCUT2D eigenvalue weighted by atomic mass is 10.2. The van der Waals surface area contributed by atoms with Crippen molar-refractivity contribution in [3.8, 4) is 0 Å². The molecule has 1 aliphatic heterocycles. The van der Waals surface area contributed by atoms with Crippen molar-refractivity contribution in [3.05, 3.63) is 30.1 Å². The van der Waals surface area contributed by atoms with Crippen LogP contribution in [0, 0.1) is 0 Å². The standard InChI is InChI=1S/C10H10N4O3/c15-8(6-1-3-11-4-2-6)12-5-7-9(16)14-10(17)13-7/h1-4,7H,5H2,(H,12,15)(H2,13,14,16,17). The molecule has 1 saturated heterocycles. The molecule has 17 heavy (non-hydrogen) atoms. The first-order chi connectivity index (χ1) is 8.16. The number of hydrogen-bond donors (Lipinski definition) is 3. The first-order valence-electron chi connectivity index (χ1n) is 4.96. The van der Waals surface area contributed by atoms with Crippen LogP contribution in [0.25, 0.3) is 0 Å². The van der Waals surface area contributed by atoms with Crippen LogP contribution in [0.15, 0.2) is 24.5 Å². The maximum Gasteiger partial charge on any atom is 0.322 e. The van der Waals surface area contributed by atoms with Crippen LogP contribution in [-0.4, -0.2) is 35.4 Å². The monoisotopic (exact) mass is 234 g/mol. The quantitative estimate of drug-likeness (QED) is 0.585. The number of rotatable bonds is 3. The highest BCUT2D eigenvalue weighted by atomic mass is 16.2. The Labute approximate surface area is 96.6 Å². The number of carbonyl (C=O) groups excluding carboxylic acids is 3. The summed E-state index contributed by atoms with van der Waals surface area (Å²) < 4.78 is 0. The Morgan fingerprint density at radius 3 is 2.65 bits per heavy atom. The first kappa shape index (κ1) is 11.1. The molecule has 3 N–H and O–H groups in total. The molecular formula is C10H10N4O3. The molecule has 0 bridgehead atoms. The van der Waals surface area contributed by atoms with Crippen molar-refractivity contribution in [1.29, 1.82) is 0 Å². The van der Waals surface area contributed by atoms with Gasteiger partial charge in [-0.1, -0.05) is 0 Å². The number of amides is 4. The highest BCUT2D eigenvalue weighted by molar-refractivity contribution is 6.04. The molecule has 1 aromatic rings. The second-order valence-electron chi connectivity index (χ2n) is 3.46. The molecular weight excluding hydrogens is 224 g/mol. The van der Waals surface area contributed by atoms with E-state index in [-0.39, 0.29) is 12.5 Å². The van der Waals surface area contributed by atoms with Gasteiger partial charge in [0, 0.05) is 24.5 Å². The predicted octanol–water partition coefficient (Wildman–Crippen LogP) is -0.981. The van der Waals surface area contributed by atoms with Crippen LogP contribution >= 0.6 is 0 Å². The van der Waals surface area contributed by atoms with Gasteiger partial charge in [-0.05, 0) is 12.1 Å². The van der Waals surface area contributed by atoms with E-state index in [1.807, 2.05) is 0 Å². The van der Waals surface area contributed by atoms with Crippen LogP contribution < -0.4 is 16.0 Å². The molecule has 4 amide bonds. The fourth-order valence-corrected chi connectivity index (χ4v) is 1.40. The summed E-state index contributed by atoms with van der Waals surface area (Å²) in [5.74, 6) is -0.758. The van der Waals surface area contributed by atoms with Crippen molar-refractivity contribution >= 4 is 17.8 Å². The number of imide groups is 1. The Hall–Kier alpha value is -2.44. The van der Waals surface area contributed by atoms with E-state index in [0.29, 0.717) is 5.56 Å². The summed E-state index contributed by atoms with van der Waals surface area (Å²) in [6, 6.07) is 1.86. The van der Waals surface area contributed by atoms with Crippen LogP contribution in [0.1, 0.15) is 10.4 Å². The lowest BCUT2D eigenvalue weighted by molar-refractivity contribution is -0.120. The lowest BCUT2D eigenvalue weighted by Gasteiger charge is -2.08. The highest BCUT2D eigenvalue weighted by Crippen LogP contribution is 1.97. The average Bonchev–Trinajstić information content (AvgIpc) is 2.66. The topological polar surface area (TPSA) is 100 Å². The van der Waals surface area contributed by atoms with Crippen molar-refractivity contribution in [2.75, 3.05) is 6.54 Å². The molecule has 1 aromatic heterocycles. The van der Waals surface area contributed by atoms with Crippen molar-refractivity contribution in [2.45, 2.75) is 6.04 Å². The van der Waals surface area contributed by atoms with E-state index in [9.17, 15) is 14.4 Å². The van der Waals surface area contributed by atoms with Crippen LogP contribution in [0.2, 0.25) is 0 Å². The number of carbonyl (C=O) groups is 3. The third-order valence-electron chi connectivity index (χ3n) is 2.27. The average molecular weight is 234 g/mol. The third kappa shape index (κ3) is 2.57. The number of aromatic nitrogens is 1. The summed E-state index contributed by atoms with van der Waals surface area (Å²) in [4.78, 5) is 37.4. The minimum atomic E-state index is -0.715. The zero-order valence-electron chi connectivity index (χ0n) is 8.77. The van der Waals surface area contributed by atoms with Crippen molar-refractivity contribution in [1.82, 2.24) is 20.9 Å². The second-order valence-corrected chi connectivity index (χ2v) is 3.46. The Balaban J connectivity index is 1.89. The molecule has 0 saturated carbocycles. The maximum atomic E-state index is 11.6. The lowest BCUT2D eigenvalue weighted by Crippen LogP contribution is -2.41. The summed E-state index contributed by atoms with van der Waals surface area (Å²) in [6.07, 6.45) is 3.00. The van der Waals surface area contributed by atoms with Crippen molar-refractivity contribution in [2.24, 2.45) is 0 Å². The van der Waals surface area contributed by atoms with Crippen LogP contribution in [-0.2, 0) is 4.79 Å². The summed E-state index contributed by atoms with van der Waals surface area (Å²) >= 11 is 0. The second kappa shape index (κ2) is 4.60. The summed E-state index contributed by atoms with van der Waals surface area (Å²) in [5, 5.41) is 7.01. The number of hydrogen-bond acceptors (Lipinski definition) is 4. The van der Waals surface area contributed by atoms with Crippen molar-refractivity contribution < 1.29 is 14.4 Å². The Bertz CT molecular complexity index is 460. The van der Waals surface area contributed by atoms with E-state index in [4.69, 9.17) is 0 Å². The van der Waals surface area contributed by atoms with E-state index in [1.165, 1.54) is 12.4 Å². The molecule has 2 heterocycles. The molecule has 0 radical (unpaired) electrons. The van der Waals surface area contributed by atoms with Crippen LogP contribution in [0.3, 0.4) is 0 Å². The Kier molecular flexibility index (Phi) is 2.99. The third-order valence-corrected chi connectivity index (χ3v) is 2.27. The molecule has 0 spiro atoms. The first-order valence-corrected chi connectivity index (χ1v) is 4.96. The van der Waals surface area contributed by atoms with Crippen molar-refractivity contribution in [3.63, 3.8) is 0 Å². The smallest absolute Gasteiger partial charge is 0.322 e. The van der Waals surface area contributed by atoms with Gasteiger partial charge in [-0.15, -0.1) is 0 Å². The number of urea groups is 1. The summed E-state index contributed by atoms with van der Waals surface area (Å²) in [7, 11) is 0. The van der Waals surface area contributed by atoms with E-state index < -0.39 is 18.0 Å². The van der Waals surface area contributed by atoms with Gasteiger partial charge in [-0.3, -0.25) is 19.9 Å². The maximum absolute atomic E-state index is 11.6. The minimum absolute atomic E-state index is 0.0543. The van der Waals surface area contributed by atoms with Gasteiger partial charge in [-0.25, -0.2) is 4.79 Å². The van der Waals surface area contributed by atoms with Gasteiger partial charge in [0.1, 0.15) is 6.04 Å². The van der Waals surface area contributed by atoms with E-state index in [2.05, 4.69) is 20.9 Å². The fourth-order valence-electron chi connectivity index (χ4n) is 1.40. The Morgan fingerprint density at radius 1 is 1.35 bits per heavy atom. The normalized spacial score (nSPS) is 18.5. The molecule has 0 aromatic carbocycles. The van der Waals surface area contributed by atoms with Crippen LogP contribution in [0.5, 0.6) is 0 Å². The van der Waals surface area contributed by atoms with Gasteiger partial charge in [-0.2, -0.15) is 0 Å². The van der Waals surface area contributed by atoms with E-state index in [0.717, 1.165) is 0 Å². The molecule has 7 heteroatoms. The largest absolute Gasteiger partial charge is 0.349 e. The van der Waals surface area contributed by atoms with Gasteiger partial charge >= 0.3 is 6.03 Å². The molecule has 7 nitrogen and oxygen atoms in total. The molecule has 1 aliphatic rings.